The molecule has 0 spiro atoms. The lowest BCUT2D eigenvalue weighted by Crippen LogP contribution is -2.21. The second kappa shape index (κ2) is 6.94. The summed E-state index contributed by atoms with van der Waals surface area (Å²) in [5, 5.41) is 13.7. The maximum absolute atomic E-state index is 13.6. The fourth-order valence-electron chi connectivity index (χ4n) is 4.93. The van der Waals surface area contributed by atoms with Crippen molar-refractivity contribution in [2.75, 3.05) is 18.8 Å². The number of pyridine rings is 1. The summed E-state index contributed by atoms with van der Waals surface area (Å²) in [5.74, 6) is 0.849. The first-order chi connectivity index (χ1) is 15.6. The quantitative estimate of drug-likeness (QED) is 0.481. The van der Waals surface area contributed by atoms with E-state index in [4.69, 9.17) is 10.2 Å². The second-order valence-electron chi connectivity index (χ2n) is 8.87. The van der Waals surface area contributed by atoms with E-state index in [2.05, 4.69) is 16.4 Å². The van der Waals surface area contributed by atoms with E-state index in [9.17, 15) is 10.1 Å². The average Bonchev–Trinajstić information content (AvgIpc) is 3.29. The maximum atomic E-state index is 13.6. The molecule has 0 radical (unpaired) electrons. The van der Waals surface area contributed by atoms with Gasteiger partial charge in [0.15, 0.2) is 17.0 Å². The molecular formula is C25H23N5O2. The maximum Gasteiger partial charge on any atom is 0.281 e. The number of nitrogen functional groups attached to an aromatic ring is 1. The third kappa shape index (κ3) is 2.76. The van der Waals surface area contributed by atoms with E-state index >= 15 is 0 Å². The van der Waals surface area contributed by atoms with Gasteiger partial charge in [0, 0.05) is 29.6 Å². The number of benzene rings is 2. The molecule has 1 saturated heterocycles. The van der Waals surface area contributed by atoms with Crippen LogP contribution in [0.25, 0.3) is 33.1 Å². The van der Waals surface area contributed by atoms with E-state index in [0.717, 1.165) is 59.9 Å². The van der Waals surface area contributed by atoms with Gasteiger partial charge in [-0.3, -0.25) is 4.79 Å². The fraction of sp³-hybridized carbons (Fsp3) is 0.320. The minimum atomic E-state index is -0.0776. The summed E-state index contributed by atoms with van der Waals surface area (Å²) >= 11 is 0. The topological polar surface area (TPSA) is 110 Å². The fourth-order valence-corrected chi connectivity index (χ4v) is 4.93. The van der Waals surface area contributed by atoms with Crippen LogP contribution in [-0.2, 0) is 0 Å². The summed E-state index contributed by atoms with van der Waals surface area (Å²) < 4.78 is 8.14. The molecule has 6 rings (SSSR count). The van der Waals surface area contributed by atoms with Crippen LogP contribution in [0.2, 0.25) is 0 Å². The van der Waals surface area contributed by atoms with Crippen molar-refractivity contribution < 1.29 is 4.42 Å². The molecule has 1 saturated carbocycles. The van der Waals surface area contributed by atoms with Crippen molar-refractivity contribution in [3.8, 4) is 17.2 Å². The summed E-state index contributed by atoms with van der Waals surface area (Å²) in [6.45, 7) is 3.79. The predicted octanol–water partition coefficient (Wildman–Crippen LogP) is 3.98. The van der Waals surface area contributed by atoms with Crippen molar-refractivity contribution in [3.05, 3.63) is 57.7 Å². The van der Waals surface area contributed by atoms with Crippen LogP contribution < -0.4 is 16.6 Å². The molecule has 4 aromatic rings. The molecule has 160 valence electrons. The highest BCUT2D eigenvalue weighted by molar-refractivity contribution is 6.04. The van der Waals surface area contributed by atoms with Crippen LogP contribution in [0, 0.1) is 18.3 Å². The van der Waals surface area contributed by atoms with Gasteiger partial charge < -0.3 is 20.0 Å². The molecule has 1 atom stereocenters. The number of aryl methyl sites for hydroxylation is 1. The largest absolute Gasteiger partial charge is 0.439 e. The lowest BCUT2D eigenvalue weighted by molar-refractivity contribution is 0.487. The van der Waals surface area contributed by atoms with Crippen LogP contribution in [0.4, 0.5) is 5.69 Å². The first-order valence-corrected chi connectivity index (χ1v) is 11.1. The number of anilines is 1. The molecule has 32 heavy (non-hydrogen) atoms. The molecular weight excluding hydrogens is 402 g/mol. The van der Waals surface area contributed by atoms with Gasteiger partial charge in [-0.25, -0.2) is 4.98 Å². The van der Waals surface area contributed by atoms with Crippen molar-refractivity contribution in [1.29, 1.82) is 5.26 Å². The lowest BCUT2D eigenvalue weighted by Gasteiger charge is -2.15. The molecule has 0 unspecified atom stereocenters. The number of oxazole rings is 1. The zero-order valence-corrected chi connectivity index (χ0v) is 17.8. The number of hydrogen-bond donors (Lipinski definition) is 2. The number of fused-ring (bicyclic) bond motifs is 3. The average molecular weight is 425 g/mol. The number of nitrogens with one attached hydrogen (secondary N) is 1. The van der Waals surface area contributed by atoms with E-state index in [1.807, 2.05) is 29.7 Å². The van der Waals surface area contributed by atoms with Gasteiger partial charge in [-0.1, -0.05) is 12.1 Å². The van der Waals surface area contributed by atoms with Crippen molar-refractivity contribution in [1.82, 2.24) is 14.9 Å². The molecule has 2 aromatic carbocycles. The van der Waals surface area contributed by atoms with E-state index < -0.39 is 0 Å². The zero-order valence-electron chi connectivity index (χ0n) is 17.8. The molecule has 3 N–H and O–H groups in total. The third-order valence-corrected chi connectivity index (χ3v) is 6.79. The molecule has 3 heterocycles. The highest BCUT2D eigenvalue weighted by Crippen LogP contribution is 2.41. The van der Waals surface area contributed by atoms with Crippen LogP contribution in [0.3, 0.4) is 0 Å². The minimum absolute atomic E-state index is 0.0776. The zero-order chi connectivity index (χ0) is 22.0. The van der Waals surface area contributed by atoms with Gasteiger partial charge in [0.05, 0.1) is 11.1 Å². The summed E-state index contributed by atoms with van der Waals surface area (Å²) in [4.78, 5) is 18.2. The molecule has 7 heteroatoms. The molecule has 2 fully saturated rings. The number of nitrogens with zero attached hydrogens (tertiary/aromatic N) is 3. The Morgan fingerprint density at radius 1 is 1.25 bits per heavy atom. The number of nitriles is 1. The Kier molecular flexibility index (Phi) is 4.14. The van der Waals surface area contributed by atoms with Crippen LogP contribution >= 0.6 is 0 Å². The van der Waals surface area contributed by atoms with Crippen LogP contribution in [-0.4, -0.2) is 22.6 Å². The highest BCUT2D eigenvalue weighted by Gasteiger charge is 2.31. The van der Waals surface area contributed by atoms with E-state index in [-0.39, 0.29) is 17.5 Å². The highest BCUT2D eigenvalue weighted by atomic mass is 16.3. The van der Waals surface area contributed by atoms with E-state index in [0.29, 0.717) is 28.2 Å². The minimum Gasteiger partial charge on any atom is -0.439 e. The van der Waals surface area contributed by atoms with Crippen molar-refractivity contribution in [2.45, 2.75) is 38.1 Å². The smallest absolute Gasteiger partial charge is 0.281 e. The first-order valence-electron chi connectivity index (χ1n) is 11.1. The summed E-state index contributed by atoms with van der Waals surface area (Å²) in [7, 11) is 0. The SMILES string of the molecule is Cc1c(-c2ccc(N)c(C#N)c2)ccc2c3oc([C@H]4CCNC4)nc3c(=O)n(C3CC3)c12. The monoisotopic (exact) mass is 425 g/mol. The Labute approximate surface area is 184 Å². The Bertz CT molecular complexity index is 1500. The van der Waals surface area contributed by atoms with Gasteiger partial charge >= 0.3 is 0 Å². The first kappa shape index (κ1) is 19.1. The van der Waals surface area contributed by atoms with Gasteiger partial charge in [0.2, 0.25) is 0 Å². The van der Waals surface area contributed by atoms with Crippen molar-refractivity contribution in [3.63, 3.8) is 0 Å². The van der Waals surface area contributed by atoms with Crippen LogP contribution in [0.15, 0.2) is 39.5 Å². The van der Waals surface area contributed by atoms with Gasteiger partial charge in [-0.15, -0.1) is 0 Å². The Morgan fingerprint density at radius 3 is 2.81 bits per heavy atom. The molecule has 2 aliphatic rings. The predicted molar refractivity (Wildman–Crippen MR) is 124 cm³/mol. The molecule has 1 aliphatic carbocycles. The van der Waals surface area contributed by atoms with Crippen molar-refractivity contribution >= 4 is 27.7 Å². The standard InChI is InChI=1S/C25H23N5O2/c1-13-18(14-2-7-20(27)16(10-14)11-26)5-6-19-22(13)30(17-3-4-17)25(31)21-23(19)32-24(29-21)15-8-9-28-12-15/h2,5-7,10,15,17,28H,3-4,8-9,12,27H2,1H3/t15-/m0/s1. The van der Waals surface area contributed by atoms with Gasteiger partial charge in [-0.05, 0) is 67.6 Å². The van der Waals surface area contributed by atoms with Crippen LogP contribution in [0.5, 0.6) is 0 Å². The van der Waals surface area contributed by atoms with Gasteiger partial charge in [0.25, 0.3) is 5.56 Å². The van der Waals surface area contributed by atoms with Gasteiger partial charge in [-0.2, -0.15) is 5.26 Å². The number of nitrogens with two attached hydrogens (primary N) is 1. The molecule has 1 aliphatic heterocycles. The Hall–Kier alpha value is -3.63. The lowest BCUT2D eigenvalue weighted by atomic mass is 9.95. The van der Waals surface area contributed by atoms with E-state index in [1.165, 1.54) is 0 Å². The molecule has 2 aromatic heterocycles. The summed E-state index contributed by atoms with van der Waals surface area (Å²) in [6.07, 6.45) is 2.94. The summed E-state index contributed by atoms with van der Waals surface area (Å²) in [6, 6.07) is 11.9. The van der Waals surface area contributed by atoms with Crippen molar-refractivity contribution in [2.24, 2.45) is 0 Å². The number of aromatic nitrogens is 2. The molecule has 7 nitrogen and oxygen atoms in total. The summed E-state index contributed by atoms with van der Waals surface area (Å²) in [5.41, 5.74) is 11.5. The second-order valence-corrected chi connectivity index (χ2v) is 8.87. The van der Waals surface area contributed by atoms with E-state index in [1.54, 1.807) is 12.1 Å². The molecule has 0 bridgehead atoms. The number of rotatable bonds is 3. The number of hydrogen-bond acceptors (Lipinski definition) is 6. The third-order valence-electron chi connectivity index (χ3n) is 6.79. The van der Waals surface area contributed by atoms with Gasteiger partial charge in [0.1, 0.15) is 6.07 Å². The Balaban J connectivity index is 1.64. The molecule has 0 amide bonds. The van der Waals surface area contributed by atoms with Crippen LogP contribution in [0.1, 0.15) is 48.2 Å². The normalized spacial score (nSPS) is 18.4. The Morgan fingerprint density at radius 2 is 2.09 bits per heavy atom.